The number of hydrogen-bond donors (Lipinski definition) is 4. The largest absolute Gasteiger partial charge is 0.459 e. The van der Waals surface area contributed by atoms with Gasteiger partial charge in [-0.2, -0.15) is 0 Å². The lowest BCUT2D eigenvalue weighted by Gasteiger charge is -2.36. The highest BCUT2D eigenvalue weighted by molar-refractivity contribution is 5.75. The first-order valence-electron chi connectivity index (χ1n) is 6.09. The molecule has 1 aromatic carbocycles. The van der Waals surface area contributed by atoms with Crippen LogP contribution in [0.15, 0.2) is 30.3 Å². The van der Waals surface area contributed by atoms with E-state index in [-0.39, 0.29) is 6.61 Å². The van der Waals surface area contributed by atoms with Crippen molar-refractivity contribution in [3.63, 3.8) is 0 Å². The highest BCUT2D eigenvalue weighted by Crippen LogP contribution is 2.21. The Morgan fingerprint density at radius 3 is 2.35 bits per heavy atom. The van der Waals surface area contributed by atoms with Gasteiger partial charge in [-0.25, -0.2) is 4.79 Å². The number of hydrogen-bond acceptors (Lipinski definition) is 7. The lowest BCUT2D eigenvalue weighted by molar-refractivity contribution is -0.281. The third-order valence-electron chi connectivity index (χ3n) is 3.04. The summed E-state index contributed by atoms with van der Waals surface area (Å²) in [7, 11) is 0. The summed E-state index contributed by atoms with van der Waals surface area (Å²) in [4.78, 5) is 11.8. The molecule has 1 aromatic rings. The van der Waals surface area contributed by atoms with Gasteiger partial charge in [-0.15, -0.1) is 0 Å². The Morgan fingerprint density at radius 1 is 1.05 bits per heavy atom. The van der Waals surface area contributed by atoms with Crippen LogP contribution in [0.5, 0.6) is 0 Å². The zero-order chi connectivity index (χ0) is 14.7. The van der Waals surface area contributed by atoms with Gasteiger partial charge in [0.1, 0.15) is 24.9 Å². The van der Waals surface area contributed by atoms with E-state index in [9.17, 15) is 25.2 Å². The van der Waals surface area contributed by atoms with Crippen LogP contribution in [-0.4, -0.2) is 57.1 Å². The highest BCUT2D eigenvalue weighted by atomic mass is 16.7. The fourth-order valence-corrected chi connectivity index (χ4v) is 1.87. The topological polar surface area (TPSA) is 116 Å². The average molecular weight is 284 g/mol. The molecule has 0 bridgehead atoms. The summed E-state index contributed by atoms with van der Waals surface area (Å²) in [6, 6.07) is 8.86. The van der Waals surface area contributed by atoms with Crippen molar-refractivity contribution >= 4 is 5.97 Å². The maximum absolute atomic E-state index is 11.8. The molecule has 0 spiro atoms. The molecule has 0 amide bonds. The first-order chi connectivity index (χ1) is 9.50. The Morgan fingerprint density at radius 2 is 1.70 bits per heavy atom. The minimum Gasteiger partial charge on any atom is -0.459 e. The molecule has 110 valence electrons. The summed E-state index contributed by atoms with van der Waals surface area (Å²) in [6.45, 7) is -0.0268. The molecule has 0 saturated carbocycles. The van der Waals surface area contributed by atoms with E-state index in [0.29, 0.717) is 0 Å². The van der Waals surface area contributed by atoms with Crippen LogP contribution in [0.2, 0.25) is 0 Å². The quantitative estimate of drug-likeness (QED) is 0.501. The molecule has 2 unspecified atom stereocenters. The normalized spacial score (nSPS) is 33.7. The fourth-order valence-electron chi connectivity index (χ4n) is 1.87. The number of carbonyl (C=O) groups is 1. The second-order valence-electron chi connectivity index (χ2n) is 4.51. The van der Waals surface area contributed by atoms with E-state index in [1.54, 1.807) is 24.3 Å². The Bertz CT molecular complexity index is 449. The van der Waals surface area contributed by atoms with Gasteiger partial charge < -0.3 is 29.9 Å². The van der Waals surface area contributed by atoms with Crippen LogP contribution in [0.3, 0.4) is 0 Å². The van der Waals surface area contributed by atoms with Crippen LogP contribution < -0.4 is 0 Å². The van der Waals surface area contributed by atoms with E-state index in [2.05, 4.69) is 0 Å². The van der Waals surface area contributed by atoms with Crippen LogP contribution in [0, 0.1) is 0 Å². The molecule has 0 radical (unpaired) electrons. The molecular weight excluding hydrogens is 268 g/mol. The van der Waals surface area contributed by atoms with Gasteiger partial charge in [-0.05, 0) is 5.56 Å². The SMILES string of the molecule is O=C(OCc1ccccc1)[C@H]1O[C@@H](O)[C@H](O)C(O)C1O. The Balaban J connectivity index is 1.95. The molecule has 4 N–H and O–H groups in total. The minimum atomic E-state index is -1.76. The van der Waals surface area contributed by atoms with Gasteiger partial charge in [-0.3, -0.25) is 0 Å². The van der Waals surface area contributed by atoms with E-state index >= 15 is 0 Å². The predicted molar refractivity (Wildman–Crippen MR) is 65.1 cm³/mol. The monoisotopic (exact) mass is 284 g/mol. The molecular formula is C13H16O7. The van der Waals surface area contributed by atoms with Gasteiger partial charge in [0.2, 0.25) is 0 Å². The van der Waals surface area contributed by atoms with Gasteiger partial charge in [-0.1, -0.05) is 30.3 Å². The maximum Gasteiger partial charge on any atom is 0.338 e. The van der Waals surface area contributed by atoms with E-state index in [0.717, 1.165) is 5.56 Å². The van der Waals surface area contributed by atoms with Crippen molar-refractivity contribution in [2.24, 2.45) is 0 Å². The number of ether oxygens (including phenoxy) is 2. The molecule has 7 nitrogen and oxygen atoms in total. The Labute approximate surface area is 115 Å². The standard InChI is InChI=1S/C13H16O7/c14-8-9(15)11(20-12(17)10(8)16)13(18)19-6-7-4-2-1-3-5-7/h1-5,8-12,14-17H,6H2/t8?,9?,10-,11+,12-/m1/s1. The van der Waals surface area contributed by atoms with Gasteiger partial charge in [0.15, 0.2) is 12.4 Å². The summed E-state index contributed by atoms with van der Waals surface area (Å²) in [6.07, 6.45) is -8.34. The molecule has 1 aliphatic rings. The van der Waals surface area contributed by atoms with Crippen molar-refractivity contribution in [3.05, 3.63) is 35.9 Å². The zero-order valence-electron chi connectivity index (χ0n) is 10.5. The minimum absolute atomic E-state index is 0.0268. The van der Waals surface area contributed by atoms with Crippen LogP contribution in [0.25, 0.3) is 0 Å². The number of aliphatic hydroxyl groups excluding tert-OH is 4. The molecule has 0 aliphatic carbocycles. The smallest absolute Gasteiger partial charge is 0.338 e. The molecule has 2 rings (SSSR count). The number of esters is 1. The van der Waals surface area contributed by atoms with Crippen LogP contribution in [0.1, 0.15) is 5.56 Å². The molecule has 1 saturated heterocycles. The van der Waals surface area contributed by atoms with Crippen molar-refractivity contribution in [1.29, 1.82) is 0 Å². The third-order valence-corrected chi connectivity index (χ3v) is 3.04. The van der Waals surface area contributed by atoms with Gasteiger partial charge in [0.05, 0.1) is 0 Å². The summed E-state index contributed by atoms with van der Waals surface area (Å²) < 4.78 is 9.69. The number of carbonyl (C=O) groups excluding carboxylic acids is 1. The van der Waals surface area contributed by atoms with Crippen molar-refractivity contribution in [1.82, 2.24) is 0 Å². The van der Waals surface area contributed by atoms with Gasteiger partial charge in [0, 0.05) is 0 Å². The summed E-state index contributed by atoms with van der Waals surface area (Å²) in [5, 5.41) is 37.7. The maximum atomic E-state index is 11.8. The number of benzene rings is 1. The third kappa shape index (κ3) is 3.14. The summed E-state index contributed by atoms with van der Waals surface area (Å²) in [5.74, 6) is -0.925. The van der Waals surface area contributed by atoms with Crippen molar-refractivity contribution in [3.8, 4) is 0 Å². The lowest BCUT2D eigenvalue weighted by atomic mass is 9.99. The van der Waals surface area contributed by atoms with Crippen LogP contribution in [-0.2, 0) is 20.9 Å². The van der Waals surface area contributed by atoms with Crippen molar-refractivity contribution < 1.29 is 34.7 Å². The number of aliphatic hydroxyl groups is 4. The van der Waals surface area contributed by atoms with E-state index in [1.807, 2.05) is 6.07 Å². The molecule has 1 fully saturated rings. The van der Waals surface area contributed by atoms with Crippen molar-refractivity contribution in [2.75, 3.05) is 0 Å². The molecule has 20 heavy (non-hydrogen) atoms. The lowest BCUT2D eigenvalue weighted by Crippen LogP contribution is -2.59. The Kier molecular flexibility index (Phi) is 4.69. The Hall–Kier alpha value is -1.51. The fraction of sp³-hybridized carbons (Fsp3) is 0.462. The molecule has 1 aliphatic heterocycles. The predicted octanol–water partition coefficient (Wildman–Crippen LogP) is -1.47. The molecule has 7 heteroatoms. The second kappa shape index (κ2) is 6.29. The zero-order valence-corrected chi connectivity index (χ0v) is 10.5. The molecule has 5 atom stereocenters. The summed E-state index contributed by atoms with van der Waals surface area (Å²) in [5.41, 5.74) is 0.743. The molecule has 0 aromatic heterocycles. The molecule has 1 heterocycles. The highest BCUT2D eigenvalue weighted by Gasteiger charge is 2.46. The van der Waals surface area contributed by atoms with Crippen LogP contribution in [0.4, 0.5) is 0 Å². The first-order valence-corrected chi connectivity index (χ1v) is 6.09. The van der Waals surface area contributed by atoms with Gasteiger partial charge in [0.25, 0.3) is 0 Å². The van der Waals surface area contributed by atoms with E-state index in [4.69, 9.17) is 9.47 Å². The first kappa shape index (κ1) is 14.9. The van der Waals surface area contributed by atoms with Crippen LogP contribution >= 0.6 is 0 Å². The van der Waals surface area contributed by atoms with Crippen molar-refractivity contribution in [2.45, 2.75) is 37.3 Å². The van der Waals surface area contributed by atoms with E-state index in [1.165, 1.54) is 0 Å². The average Bonchev–Trinajstić information content (AvgIpc) is 2.47. The second-order valence-corrected chi connectivity index (χ2v) is 4.51. The number of rotatable bonds is 3. The van der Waals surface area contributed by atoms with E-state index < -0.39 is 36.7 Å². The van der Waals surface area contributed by atoms with Gasteiger partial charge >= 0.3 is 5.97 Å². The summed E-state index contributed by atoms with van der Waals surface area (Å²) >= 11 is 0.